The Bertz CT molecular complexity index is 1550. The lowest BCUT2D eigenvalue weighted by Gasteiger charge is -2.19. The molecule has 0 aliphatic heterocycles. The maximum absolute atomic E-state index is 14.9. The van der Waals surface area contributed by atoms with Crippen LogP contribution in [0.1, 0.15) is 36.7 Å². The Kier molecular flexibility index (Phi) is 7.72. The smallest absolute Gasteiger partial charge is 0.258 e. The fraction of sp³-hybridized carbons (Fsp3) is 0.222. The van der Waals surface area contributed by atoms with E-state index in [-0.39, 0.29) is 18.0 Å². The molecule has 0 aliphatic rings. The van der Waals surface area contributed by atoms with Gasteiger partial charge in [-0.05, 0) is 29.8 Å². The van der Waals surface area contributed by atoms with Crippen molar-refractivity contribution in [2.75, 3.05) is 10.6 Å². The minimum Gasteiger partial charge on any atom is -0.352 e. The van der Waals surface area contributed by atoms with Gasteiger partial charge in [0.25, 0.3) is 5.91 Å². The predicted octanol–water partition coefficient (Wildman–Crippen LogP) is 5.47. The van der Waals surface area contributed by atoms with Crippen molar-refractivity contribution in [1.82, 2.24) is 14.9 Å². The Morgan fingerprint density at radius 3 is 2.42 bits per heavy atom. The van der Waals surface area contributed by atoms with Gasteiger partial charge in [0.05, 0.1) is 32.3 Å². The molecule has 0 fully saturated rings. The maximum Gasteiger partial charge on any atom is 0.258 e. The molecular formula is C27H25BCl2FN5O2. The number of rotatable bonds is 6. The first-order valence-electron chi connectivity index (χ1n) is 11.7. The van der Waals surface area contributed by atoms with Crippen LogP contribution in [0.2, 0.25) is 10.0 Å². The summed E-state index contributed by atoms with van der Waals surface area (Å²) in [7, 11) is 7.37. The number of hydrogen-bond acceptors (Lipinski definition) is 4. The first-order valence-corrected chi connectivity index (χ1v) is 12.5. The van der Waals surface area contributed by atoms with E-state index in [1.54, 1.807) is 48.0 Å². The number of carbonyl (C=O) groups excluding carboxylic acids is 2. The van der Waals surface area contributed by atoms with Crippen molar-refractivity contribution in [2.45, 2.75) is 27.3 Å². The van der Waals surface area contributed by atoms with Gasteiger partial charge in [-0.25, -0.2) is 9.37 Å². The lowest BCUT2D eigenvalue weighted by molar-refractivity contribution is -0.128. The van der Waals surface area contributed by atoms with Crippen molar-refractivity contribution in [3.8, 4) is 0 Å². The number of hydrogen-bond donors (Lipinski definition) is 3. The molecule has 7 nitrogen and oxygen atoms in total. The molecule has 2 amide bonds. The molecule has 0 spiro atoms. The second-order valence-electron chi connectivity index (χ2n) is 9.84. The zero-order valence-corrected chi connectivity index (χ0v) is 22.8. The van der Waals surface area contributed by atoms with Gasteiger partial charge in [-0.2, -0.15) is 0 Å². The number of anilines is 3. The Balaban J connectivity index is 1.61. The average molecular weight is 552 g/mol. The lowest BCUT2D eigenvalue weighted by Crippen LogP contribution is -2.34. The zero-order valence-electron chi connectivity index (χ0n) is 21.2. The van der Waals surface area contributed by atoms with Crippen molar-refractivity contribution in [3.05, 3.63) is 75.5 Å². The van der Waals surface area contributed by atoms with Gasteiger partial charge < -0.3 is 20.5 Å². The number of aryl methyl sites for hydroxylation is 1. The van der Waals surface area contributed by atoms with Crippen LogP contribution in [0.15, 0.2) is 48.5 Å². The van der Waals surface area contributed by atoms with Crippen LogP contribution in [0.4, 0.5) is 21.7 Å². The van der Waals surface area contributed by atoms with Gasteiger partial charge in [0.2, 0.25) is 11.9 Å². The zero-order chi connectivity index (χ0) is 27.8. The number of carbonyl (C=O) groups is 2. The number of benzene rings is 3. The highest BCUT2D eigenvalue weighted by Crippen LogP contribution is 2.36. The summed E-state index contributed by atoms with van der Waals surface area (Å²) in [5.41, 5.74) is 2.20. The molecule has 1 heterocycles. The second-order valence-corrected chi connectivity index (χ2v) is 10.6. The molecule has 0 aliphatic carbocycles. The molecule has 2 radical (unpaired) electrons. The quantitative estimate of drug-likeness (QED) is 0.277. The van der Waals surface area contributed by atoms with Crippen LogP contribution in [0, 0.1) is 11.2 Å². The third-order valence-electron chi connectivity index (χ3n) is 5.91. The molecule has 38 heavy (non-hydrogen) atoms. The first-order chi connectivity index (χ1) is 17.8. The van der Waals surface area contributed by atoms with Crippen LogP contribution < -0.4 is 21.4 Å². The van der Waals surface area contributed by atoms with E-state index < -0.39 is 17.1 Å². The largest absolute Gasteiger partial charge is 0.352 e. The van der Waals surface area contributed by atoms with E-state index in [1.165, 1.54) is 12.1 Å². The third kappa shape index (κ3) is 5.79. The minimum absolute atomic E-state index is 0.119. The summed E-state index contributed by atoms with van der Waals surface area (Å²) in [5.74, 6) is -1.11. The van der Waals surface area contributed by atoms with Crippen molar-refractivity contribution in [1.29, 1.82) is 0 Å². The molecule has 3 N–H and O–H groups in total. The number of nitrogens with zero attached hydrogens (tertiary/aromatic N) is 2. The van der Waals surface area contributed by atoms with Crippen LogP contribution in [-0.2, 0) is 18.4 Å². The topological polar surface area (TPSA) is 88.1 Å². The van der Waals surface area contributed by atoms with E-state index in [1.807, 2.05) is 20.8 Å². The molecule has 0 saturated heterocycles. The number of amides is 2. The van der Waals surface area contributed by atoms with E-state index in [0.717, 1.165) is 0 Å². The number of nitrogens with one attached hydrogen (secondary N) is 3. The Morgan fingerprint density at radius 1 is 1.08 bits per heavy atom. The van der Waals surface area contributed by atoms with E-state index in [0.29, 0.717) is 49.4 Å². The Hall–Kier alpha value is -3.56. The molecule has 4 rings (SSSR count). The van der Waals surface area contributed by atoms with Crippen LogP contribution in [0.25, 0.3) is 11.0 Å². The Labute approximate surface area is 231 Å². The van der Waals surface area contributed by atoms with E-state index in [2.05, 4.69) is 20.9 Å². The fourth-order valence-electron chi connectivity index (χ4n) is 3.66. The normalized spacial score (nSPS) is 11.4. The van der Waals surface area contributed by atoms with Gasteiger partial charge in [0, 0.05) is 30.8 Å². The van der Waals surface area contributed by atoms with Crippen LogP contribution in [0.3, 0.4) is 0 Å². The molecule has 11 heteroatoms. The molecule has 0 unspecified atom stereocenters. The minimum atomic E-state index is -0.701. The summed E-state index contributed by atoms with van der Waals surface area (Å²) < 4.78 is 16.6. The molecule has 3 aromatic carbocycles. The number of fused-ring (bicyclic) bond motifs is 1. The van der Waals surface area contributed by atoms with Gasteiger partial charge in [-0.15, -0.1) is 0 Å². The fourth-order valence-corrected chi connectivity index (χ4v) is 4.19. The van der Waals surface area contributed by atoms with Gasteiger partial charge in [-0.1, -0.05) is 67.6 Å². The SMILES string of the molecule is [B]c1ccc(NC(=O)c2cc3nc(Nc4c(Cl)ccc(CNC(=O)C(C)(C)C)c4Cl)n(C)c3cc2F)cc1. The monoisotopic (exact) mass is 551 g/mol. The number of aromatic nitrogens is 2. The van der Waals surface area contributed by atoms with E-state index >= 15 is 0 Å². The van der Waals surface area contributed by atoms with Gasteiger partial charge in [0.1, 0.15) is 13.7 Å². The molecule has 0 atom stereocenters. The summed E-state index contributed by atoms with van der Waals surface area (Å²) in [6, 6.07) is 12.5. The highest BCUT2D eigenvalue weighted by atomic mass is 35.5. The van der Waals surface area contributed by atoms with Crippen molar-refractivity contribution in [3.63, 3.8) is 0 Å². The van der Waals surface area contributed by atoms with E-state index in [4.69, 9.17) is 31.0 Å². The van der Waals surface area contributed by atoms with Gasteiger partial charge >= 0.3 is 0 Å². The third-order valence-corrected chi connectivity index (χ3v) is 6.66. The molecule has 4 aromatic rings. The lowest BCUT2D eigenvalue weighted by atomic mass is 9.95. The summed E-state index contributed by atoms with van der Waals surface area (Å²) in [6.45, 7) is 5.67. The molecule has 194 valence electrons. The summed E-state index contributed by atoms with van der Waals surface area (Å²) >= 11 is 13.1. The van der Waals surface area contributed by atoms with Gasteiger partial charge in [-0.3, -0.25) is 9.59 Å². The summed E-state index contributed by atoms with van der Waals surface area (Å²) in [6.07, 6.45) is 0. The molecule has 1 aromatic heterocycles. The molecule has 0 saturated carbocycles. The molecule has 0 bridgehead atoms. The predicted molar refractivity (Wildman–Crippen MR) is 152 cm³/mol. The Morgan fingerprint density at radius 2 is 1.76 bits per heavy atom. The van der Waals surface area contributed by atoms with Crippen molar-refractivity contribution < 1.29 is 14.0 Å². The second kappa shape index (κ2) is 10.7. The standard InChI is InChI=1S/C27H25BCl2FN5O2/c1-27(2,3)25(38)32-13-14-5-10-18(29)23(22(14)30)35-26-34-20-11-17(19(31)12-21(20)36(26)4)24(37)33-16-8-6-15(28)7-9-16/h5-12H,13H2,1-4H3,(H,32,38)(H,33,37)(H,34,35). The van der Waals surface area contributed by atoms with E-state index in [9.17, 15) is 14.0 Å². The number of imidazole rings is 1. The number of halogens is 3. The van der Waals surface area contributed by atoms with Crippen molar-refractivity contribution >= 4 is 76.7 Å². The van der Waals surface area contributed by atoms with Gasteiger partial charge in [0.15, 0.2) is 0 Å². The highest BCUT2D eigenvalue weighted by Gasteiger charge is 2.22. The average Bonchev–Trinajstić information content (AvgIpc) is 3.15. The van der Waals surface area contributed by atoms with Crippen LogP contribution >= 0.6 is 23.2 Å². The maximum atomic E-state index is 14.9. The summed E-state index contributed by atoms with van der Waals surface area (Å²) in [4.78, 5) is 29.6. The highest BCUT2D eigenvalue weighted by molar-refractivity contribution is 6.39. The first kappa shape index (κ1) is 27.5. The molecular weight excluding hydrogens is 527 g/mol. The van der Waals surface area contributed by atoms with Crippen LogP contribution in [-0.4, -0.2) is 29.2 Å². The van der Waals surface area contributed by atoms with Crippen molar-refractivity contribution in [2.24, 2.45) is 12.5 Å². The van der Waals surface area contributed by atoms with Crippen LogP contribution in [0.5, 0.6) is 0 Å². The summed E-state index contributed by atoms with van der Waals surface area (Å²) in [5, 5.41) is 9.28.